The van der Waals surface area contributed by atoms with Crippen molar-refractivity contribution >= 4 is 57.7 Å². The van der Waals surface area contributed by atoms with Crippen LogP contribution in [-0.2, 0) is 4.79 Å². The number of carbonyl (C=O) groups is 2. The minimum Gasteiger partial charge on any atom is -0.375 e. The van der Waals surface area contributed by atoms with E-state index in [9.17, 15) is 27.2 Å². The molecule has 0 saturated carbocycles. The van der Waals surface area contributed by atoms with E-state index in [0.717, 1.165) is 11.8 Å². The van der Waals surface area contributed by atoms with Gasteiger partial charge in [-0.25, -0.2) is 18.9 Å². The molecule has 5 rings (SSSR count). The molecule has 3 aromatic carbocycles. The number of urea groups is 1. The van der Waals surface area contributed by atoms with Gasteiger partial charge < -0.3 is 10.2 Å². The van der Waals surface area contributed by atoms with Gasteiger partial charge in [-0.3, -0.25) is 9.69 Å². The molecule has 0 aliphatic carbocycles. The first kappa shape index (κ1) is 32.0. The average Bonchev–Trinajstić information content (AvgIpc) is 3.60. The summed E-state index contributed by atoms with van der Waals surface area (Å²) in [5, 5.41) is 7.28. The number of hydrogen-bond donors (Lipinski definition) is 1. The molecule has 9 nitrogen and oxygen atoms in total. The fourth-order valence-corrected chi connectivity index (χ4v) is 5.91. The minimum absolute atomic E-state index is 0.0643. The van der Waals surface area contributed by atoms with Crippen LogP contribution in [0.2, 0.25) is 0 Å². The highest BCUT2D eigenvalue weighted by molar-refractivity contribution is 8.15. The number of nitrogens with zero attached hydrogens (tertiary/aromatic N) is 6. The van der Waals surface area contributed by atoms with E-state index in [4.69, 9.17) is 0 Å². The molecule has 0 unspecified atom stereocenters. The number of nitrogens with one attached hydrogen (secondary N) is 1. The second-order valence-electron chi connectivity index (χ2n) is 10.4. The lowest BCUT2D eigenvalue weighted by Crippen LogP contribution is -2.31. The number of thioether (sulfide) groups is 2. The van der Waals surface area contributed by atoms with Crippen LogP contribution in [0.3, 0.4) is 0 Å². The predicted octanol–water partition coefficient (Wildman–Crippen LogP) is 7.54. The van der Waals surface area contributed by atoms with Crippen molar-refractivity contribution in [3.05, 3.63) is 78.4 Å². The third-order valence-corrected chi connectivity index (χ3v) is 8.29. The molecule has 1 N–H and O–H groups in total. The molecule has 0 spiro atoms. The number of alkyl halides is 3. The Labute approximate surface area is 264 Å². The summed E-state index contributed by atoms with van der Waals surface area (Å²) in [6, 6.07) is 14.7. The zero-order valence-electron chi connectivity index (χ0n) is 24.5. The maximum Gasteiger partial charge on any atom is 0.446 e. The third kappa shape index (κ3) is 7.48. The first-order chi connectivity index (χ1) is 21.3. The van der Waals surface area contributed by atoms with E-state index >= 15 is 0 Å². The predicted molar refractivity (Wildman–Crippen MR) is 170 cm³/mol. The molecule has 0 bridgehead atoms. The standard InChI is InChI=1S/C30H27F4N7O2S2/c1-17(2)22-13-23(31)25(39(3)4)14-24(22)41-26(42)15-44-29(41)37-28(43)36-19-7-5-18(6-8-19)27-35-16-40(38-27)20-9-11-21(12-10-20)45-30(32,33)34/h5-14,16-17H,15H2,1-4H3,(H,36,43)/b37-29-. The molecule has 0 atom stereocenters. The molecule has 1 aliphatic heterocycles. The van der Waals surface area contributed by atoms with Gasteiger partial charge in [0.05, 0.1) is 22.8 Å². The number of amidine groups is 1. The van der Waals surface area contributed by atoms with Crippen LogP contribution in [-0.4, -0.2) is 57.2 Å². The second kappa shape index (κ2) is 12.9. The van der Waals surface area contributed by atoms with Crippen LogP contribution in [0.4, 0.5) is 39.4 Å². The molecule has 1 aliphatic rings. The lowest BCUT2D eigenvalue weighted by atomic mass is 9.99. The number of aliphatic imine (C=N–C) groups is 1. The summed E-state index contributed by atoms with van der Waals surface area (Å²) >= 11 is 0.930. The molecule has 1 saturated heterocycles. The average molecular weight is 658 g/mol. The Hall–Kier alpha value is -4.37. The Morgan fingerprint density at radius 1 is 1.09 bits per heavy atom. The lowest BCUT2D eigenvalue weighted by molar-refractivity contribution is -0.115. The van der Waals surface area contributed by atoms with Gasteiger partial charge >= 0.3 is 11.5 Å². The first-order valence-electron chi connectivity index (χ1n) is 13.5. The molecular formula is C30H27F4N7O2S2. The molecule has 1 aromatic heterocycles. The van der Waals surface area contributed by atoms with Crippen molar-refractivity contribution in [2.75, 3.05) is 35.0 Å². The van der Waals surface area contributed by atoms with Gasteiger partial charge in [-0.15, -0.1) is 5.10 Å². The maximum atomic E-state index is 14.8. The summed E-state index contributed by atoms with van der Waals surface area (Å²) in [4.78, 5) is 37.3. The third-order valence-electron chi connectivity index (χ3n) is 6.62. The number of rotatable bonds is 7. The van der Waals surface area contributed by atoms with Crippen LogP contribution in [0.5, 0.6) is 0 Å². The summed E-state index contributed by atoms with van der Waals surface area (Å²) in [6.45, 7) is 3.79. The largest absolute Gasteiger partial charge is 0.446 e. The van der Waals surface area contributed by atoms with Gasteiger partial charge in [0, 0.05) is 30.2 Å². The molecule has 3 amide bonds. The highest BCUT2D eigenvalue weighted by Gasteiger charge is 2.33. The van der Waals surface area contributed by atoms with Gasteiger partial charge in [-0.05, 0) is 83.9 Å². The molecule has 45 heavy (non-hydrogen) atoms. The maximum absolute atomic E-state index is 14.8. The van der Waals surface area contributed by atoms with Crippen molar-refractivity contribution in [1.29, 1.82) is 0 Å². The summed E-state index contributed by atoms with van der Waals surface area (Å²) in [5.74, 6) is -0.316. The molecular weight excluding hydrogens is 631 g/mol. The van der Waals surface area contributed by atoms with Crippen LogP contribution in [0.15, 0.2) is 76.9 Å². The topological polar surface area (TPSA) is 95.7 Å². The van der Waals surface area contributed by atoms with E-state index in [2.05, 4.69) is 20.4 Å². The van der Waals surface area contributed by atoms with Crippen molar-refractivity contribution in [1.82, 2.24) is 14.8 Å². The SMILES string of the molecule is CC(C)c1cc(F)c(N(C)C)cc1N1C(=O)CS/C1=N\C(=O)Nc1ccc(-c2ncn(-c3ccc(SC(F)(F)F)cc3)n2)cc1. The normalized spacial score (nSPS) is 14.5. The molecule has 1 fully saturated rings. The zero-order chi connectivity index (χ0) is 32.5. The van der Waals surface area contributed by atoms with Gasteiger partial charge in [0.1, 0.15) is 12.1 Å². The number of halogens is 4. The Morgan fingerprint density at radius 3 is 2.40 bits per heavy atom. The fourth-order valence-electron chi connectivity index (χ4n) is 4.51. The Bertz CT molecular complexity index is 1760. The monoisotopic (exact) mass is 657 g/mol. The molecule has 234 valence electrons. The van der Waals surface area contributed by atoms with Crippen LogP contribution in [0.25, 0.3) is 17.1 Å². The molecule has 4 aromatic rings. The van der Waals surface area contributed by atoms with E-state index in [1.165, 1.54) is 46.2 Å². The van der Waals surface area contributed by atoms with Crippen LogP contribution < -0.4 is 15.1 Å². The quantitative estimate of drug-likeness (QED) is 0.162. The molecule has 0 radical (unpaired) electrons. The molecule has 15 heteroatoms. The number of amides is 3. The van der Waals surface area contributed by atoms with E-state index in [1.54, 1.807) is 49.3 Å². The molecule has 2 heterocycles. The number of aromatic nitrogens is 3. The van der Waals surface area contributed by atoms with Gasteiger partial charge in [0.15, 0.2) is 11.0 Å². The van der Waals surface area contributed by atoms with Gasteiger partial charge in [0.2, 0.25) is 5.91 Å². The zero-order valence-corrected chi connectivity index (χ0v) is 26.1. The fraction of sp³-hybridized carbons (Fsp3) is 0.233. The van der Waals surface area contributed by atoms with Gasteiger partial charge in [0.25, 0.3) is 0 Å². The Morgan fingerprint density at radius 2 is 1.78 bits per heavy atom. The van der Waals surface area contributed by atoms with Crippen LogP contribution >= 0.6 is 23.5 Å². The Balaban J connectivity index is 1.30. The van der Waals surface area contributed by atoms with Crippen molar-refractivity contribution < 1.29 is 27.2 Å². The number of anilines is 3. The summed E-state index contributed by atoms with van der Waals surface area (Å²) in [7, 11) is 3.41. The van der Waals surface area contributed by atoms with Crippen LogP contribution in [0, 0.1) is 5.82 Å². The lowest BCUT2D eigenvalue weighted by Gasteiger charge is -2.24. The highest BCUT2D eigenvalue weighted by atomic mass is 32.2. The summed E-state index contributed by atoms with van der Waals surface area (Å²) in [6.07, 6.45) is 1.45. The van der Waals surface area contributed by atoms with E-state index in [0.29, 0.717) is 39.7 Å². The number of benzene rings is 3. The van der Waals surface area contributed by atoms with E-state index in [1.807, 2.05) is 13.8 Å². The minimum atomic E-state index is -4.37. The van der Waals surface area contributed by atoms with E-state index in [-0.39, 0.29) is 39.4 Å². The Kier molecular flexibility index (Phi) is 9.20. The van der Waals surface area contributed by atoms with Crippen molar-refractivity contribution in [3.8, 4) is 17.1 Å². The van der Waals surface area contributed by atoms with Gasteiger partial charge in [-0.2, -0.15) is 18.2 Å². The second-order valence-corrected chi connectivity index (χ2v) is 12.5. The number of hydrogen-bond acceptors (Lipinski definition) is 7. The highest BCUT2D eigenvalue weighted by Crippen LogP contribution is 2.38. The van der Waals surface area contributed by atoms with Crippen molar-refractivity contribution in [2.45, 2.75) is 30.2 Å². The first-order valence-corrected chi connectivity index (χ1v) is 15.3. The van der Waals surface area contributed by atoms with Crippen molar-refractivity contribution in [3.63, 3.8) is 0 Å². The van der Waals surface area contributed by atoms with Crippen LogP contribution in [0.1, 0.15) is 25.3 Å². The summed E-state index contributed by atoms with van der Waals surface area (Å²) < 4.78 is 54.0. The van der Waals surface area contributed by atoms with E-state index < -0.39 is 17.4 Å². The van der Waals surface area contributed by atoms with Gasteiger partial charge in [-0.1, -0.05) is 25.6 Å². The smallest absolute Gasteiger partial charge is 0.375 e. The van der Waals surface area contributed by atoms with Crippen molar-refractivity contribution in [2.24, 2.45) is 4.99 Å². The summed E-state index contributed by atoms with van der Waals surface area (Å²) in [5.41, 5.74) is -1.35. The number of carbonyl (C=O) groups excluding carboxylic acids is 2.